The van der Waals surface area contributed by atoms with Crippen LogP contribution in [0, 0.1) is 0 Å². The van der Waals surface area contributed by atoms with Crippen LogP contribution in [-0.2, 0) is 22.4 Å². The summed E-state index contributed by atoms with van der Waals surface area (Å²) in [5, 5.41) is 15.8. The quantitative estimate of drug-likeness (QED) is 0.122. The third-order valence-corrected chi connectivity index (χ3v) is 7.07. The van der Waals surface area contributed by atoms with Gasteiger partial charge in [-0.25, -0.2) is 4.99 Å². The Morgan fingerprint density at radius 2 is 1.92 bits per heavy atom. The molecule has 0 radical (unpaired) electrons. The second kappa shape index (κ2) is 13.3. The number of hydrogen-bond donors (Lipinski definition) is 2. The van der Waals surface area contributed by atoms with E-state index in [0.29, 0.717) is 54.5 Å². The molecule has 3 aromatic carbocycles. The van der Waals surface area contributed by atoms with Crippen molar-refractivity contribution in [3.05, 3.63) is 104 Å². The highest BCUT2D eigenvalue weighted by Gasteiger charge is 2.50. The minimum absolute atomic E-state index is 0.0662. The number of aliphatic imine (C=N–C) groups is 1. The highest BCUT2D eigenvalue weighted by molar-refractivity contribution is 9.10. The van der Waals surface area contributed by atoms with E-state index in [9.17, 15) is 4.79 Å². The van der Waals surface area contributed by atoms with Crippen molar-refractivity contribution < 1.29 is 19.4 Å². The maximum absolute atomic E-state index is 13.8. The standard InChI is InChI=1S/C29H30BrN5O4/c1-20-29(19-23-5-2-3-6-26(23)34-35-31,28(37)32-16-15-21-7-11-24(30)12-8-21)33-27(39-20)22-9-13-25(14-10-22)38-18-4-17-36/h2-3,5-14,20,36H,4,15-19H2,1H3,(H,32,37)/t20-,29-/m1/s1. The van der Waals surface area contributed by atoms with Gasteiger partial charge in [-0.2, -0.15) is 0 Å². The predicted molar refractivity (Wildman–Crippen MR) is 153 cm³/mol. The van der Waals surface area contributed by atoms with E-state index in [0.717, 1.165) is 10.0 Å². The van der Waals surface area contributed by atoms with Crippen molar-refractivity contribution >= 4 is 33.4 Å². The van der Waals surface area contributed by atoms with E-state index in [1.165, 1.54) is 0 Å². The number of hydrogen-bond acceptors (Lipinski definition) is 6. The SMILES string of the molecule is C[C@H]1OC(c2ccc(OCCCO)cc2)=N[C@@]1(Cc1ccccc1N=[N+]=[N-])C(=O)NCCc1ccc(Br)cc1. The lowest BCUT2D eigenvalue weighted by molar-refractivity contribution is -0.128. The number of carbonyl (C=O) groups is 1. The third-order valence-electron chi connectivity index (χ3n) is 6.54. The molecule has 2 N–H and O–H groups in total. The number of ether oxygens (including phenoxy) is 2. The van der Waals surface area contributed by atoms with Crippen molar-refractivity contribution in [2.75, 3.05) is 19.8 Å². The molecule has 9 nitrogen and oxygen atoms in total. The predicted octanol–water partition coefficient (Wildman–Crippen LogP) is 5.66. The molecule has 0 fully saturated rings. The first kappa shape index (κ1) is 28.2. The van der Waals surface area contributed by atoms with Gasteiger partial charge in [-0.3, -0.25) is 4.79 Å². The molecule has 1 heterocycles. The molecule has 10 heteroatoms. The largest absolute Gasteiger partial charge is 0.494 e. The van der Waals surface area contributed by atoms with Crippen LogP contribution in [0.2, 0.25) is 0 Å². The monoisotopic (exact) mass is 591 g/mol. The minimum atomic E-state index is -1.27. The van der Waals surface area contributed by atoms with Gasteiger partial charge in [0.1, 0.15) is 11.9 Å². The summed E-state index contributed by atoms with van der Waals surface area (Å²) in [6, 6.07) is 22.4. The first-order chi connectivity index (χ1) is 18.9. The van der Waals surface area contributed by atoms with Crippen LogP contribution in [0.15, 0.2) is 87.4 Å². The maximum Gasteiger partial charge on any atom is 0.252 e. The number of nitrogens with zero attached hydrogens (tertiary/aromatic N) is 4. The number of carbonyl (C=O) groups excluding carboxylic acids is 1. The van der Waals surface area contributed by atoms with Gasteiger partial charge in [0.15, 0.2) is 5.54 Å². The molecular formula is C29H30BrN5O4. The molecule has 0 saturated carbocycles. The normalized spacial score (nSPS) is 18.0. The minimum Gasteiger partial charge on any atom is -0.494 e. The van der Waals surface area contributed by atoms with E-state index in [4.69, 9.17) is 25.1 Å². The fourth-order valence-electron chi connectivity index (χ4n) is 4.36. The van der Waals surface area contributed by atoms with Crippen molar-refractivity contribution in [2.45, 2.75) is 37.8 Å². The lowest BCUT2D eigenvalue weighted by atomic mass is 9.85. The van der Waals surface area contributed by atoms with Crippen LogP contribution in [-0.4, -0.2) is 48.3 Å². The Morgan fingerprint density at radius 1 is 1.18 bits per heavy atom. The molecule has 0 spiro atoms. The summed E-state index contributed by atoms with van der Waals surface area (Å²) in [6.07, 6.45) is 0.818. The van der Waals surface area contributed by atoms with Crippen LogP contribution < -0.4 is 10.1 Å². The number of aliphatic hydroxyl groups excluding tert-OH is 1. The van der Waals surface area contributed by atoms with Gasteiger partial charge in [-0.1, -0.05) is 57.4 Å². The number of benzene rings is 3. The Balaban J connectivity index is 1.60. The van der Waals surface area contributed by atoms with Crippen molar-refractivity contribution in [3.8, 4) is 5.75 Å². The molecular weight excluding hydrogens is 562 g/mol. The molecule has 4 rings (SSSR count). The second-order valence-corrected chi connectivity index (χ2v) is 10.1. The van der Waals surface area contributed by atoms with Crippen molar-refractivity contribution in [2.24, 2.45) is 10.1 Å². The number of amides is 1. The van der Waals surface area contributed by atoms with Gasteiger partial charge < -0.3 is 19.9 Å². The van der Waals surface area contributed by atoms with Gasteiger partial charge >= 0.3 is 0 Å². The smallest absolute Gasteiger partial charge is 0.252 e. The molecule has 39 heavy (non-hydrogen) atoms. The maximum atomic E-state index is 13.8. The summed E-state index contributed by atoms with van der Waals surface area (Å²) in [7, 11) is 0. The van der Waals surface area contributed by atoms with Crippen LogP contribution in [0.3, 0.4) is 0 Å². The highest BCUT2D eigenvalue weighted by atomic mass is 79.9. The summed E-state index contributed by atoms with van der Waals surface area (Å²) in [4.78, 5) is 21.6. The van der Waals surface area contributed by atoms with E-state index in [2.05, 4.69) is 31.3 Å². The van der Waals surface area contributed by atoms with Crippen LogP contribution >= 0.6 is 15.9 Å². The fraction of sp³-hybridized carbons (Fsp3) is 0.310. The zero-order chi connectivity index (χ0) is 27.7. The Hall–Kier alpha value is -3.85. The van der Waals surface area contributed by atoms with Crippen LogP contribution in [0.5, 0.6) is 5.75 Å². The molecule has 202 valence electrons. The van der Waals surface area contributed by atoms with Crippen LogP contribution in [0.25, 0.3) is 10.4 Å². The first-order valence-corrected chi connectivity index (χ1v) is 13.5. The zero-order valence-corrected chi connectivity index (χ0v) is 23.2. The van der Waals surface area contributed by atoms with E-state index < -0.39 is 11.6 Å². The van der Waals surface area contributed by atoms with Crippen molar-refractivity contribution in [3.63, 3.8) is 0 Å². The van der Waals surface area contributed by atoms with Crippen LogP contribution in [0.1, 0.15) is 30.0 Å². The average molecular weight is 592 g/mol. The molecule has 0 saturated heterocycles. The topological polar surface area (TPSA) is 129 Å². The Bertz CT molecular complexity index is 1360. The van der Waals surface area contributed by atoms with Gasteiger partial charge in [-0.05, 0) is 66.4 Å². The molecule has 1 aliphatic heterocycles. The summed E-state index contributed by atoms with van der Waals surface area (Å²) >= 11 is 3.44. The lowest BCUT2D eigenvalue weighted by Gasteiger charge is -2.28. The fourth-order valence-corrected chi connectivity index (χ4v) is 4.63. The number of azide groups is 1. The molecule has 2 atom stereocenters. The van der Waals surface area contributed by atoms with E-state index in [1.807, 2.05) is 55.5 Å². The number of rotatable bonds is 12. The van der Waals surface area contributed by atoms with Crippen molar-refractivity contribution in [1.82, 2.24) is 5.32 Å². The molecule has 0 aromatic heterocycles. The second-order valence-electron chi connectivity index (χ2n) is 9.18. The average Bonchev–Trinajstić information content (AvgIpc) is 3.28. The molecule has 0 unspecified atom stereocenters. The van der Waals surface area contributed by atoms with Gasteiger partial charge in [0.2, 0.25) is 5.90 Å². The van der Waals surface area contributed by atoms with E-state index in [-0.39, 0.29) is 18.9 Å². The Kier molecular flexibility index (Phi) is 9.59. The summed E-state index contributed by atoms with van der Waals surface area (Å²) < 4.78 is 12.8. The third kappa shape index (κ3) is 6.97. The lowest BCUT2D eigenvalue weighted by Crippen LogP contribution is -2.52. The Labute approximate surface area is 235 Å². The van der Waals surface area contributed by atoms with Crippen molar-refractivity contribution in [1.29, 1.82) is 0 Å². The van der Waals surface area contributed by atoms with Gasteiger partial charge in [-0.15, -0.1) is 0 Å². The number of nitrogens with one attached hydrogen (secondary N) is 1. The number of halogens is 1. The van der Waals surface area contributed by atoms with Gasteiger partial charge in [0, 0.05) is 46.6 Å². The van der Waals surface area contributed by atoms with Gasteiger partial charge in [0.05, 0.1) is 6.61 Å². The van der Waals surface area contributed by atoms with E-state index >= 15 is 0 Å². The molecule has 0 bridgehead atoms. The summed E-state index contributed by atoms with van der Waals surface area (Å²) in [5.41, 5.74) is 10.7. The summed E-state index contributed by atoms with van der Waals surface area (Å²) in [6.45, 7) is 2.74. The molecule has 1 amide bonds. The highest BCUT2D eigenvalue weighted by Crippen LogP contribution is 2.35. The van der Waals surface area contributed by atoms with Crippen LogP contribution in [0.4, 0.5) is 5.69 Å². The Morgan fingerprint density at radius 3 is 2.64 bits per heavy atom. The molecule has 1 aliphatic rings. The zero-order valence-electron chi connectivity index (χ0n) is 21.6. The first-order valence-electron chi connectivity index (χ1n) is 12.7. The molecule has 0 aliphatic carbocycles. The number of aliphatic hydroxyl groups is 1. The summed E-state index contributed by atoms with van der Waals surface area (Å²) in [5.74, 6) is 0.759. The van der Waals surface area contributed by atoms with Gasteiger partial charge in [0.25, 0.3) is 5.91 Å². The van der Waals surface area contributed by atoms with E-state index in [1.54, 1.807) is 24.3 Å². The molecule has 3 aromatic rings.